The average Bonchev–Trinajstić information content (AvgIpc) is 3.07. The molecule has 2 heterocycles. The van der Waals surface area contributed by atoms with Gasteiger partial charge >= 0.3 is 6.09 Å². The SMILES string of the molecule is CCOC(=O)NCc1ccc(C(=O)c2ccco2)s1. The zero-order valence-corrected chi connectivity index (χ0v) is 11.2. The van der Waals surface area contributed by atoms with Gasteiger partial charge < -0.3 is 14.5 Å². The molecule has 0 atom stereocenters. The van der Waals surface area contributed by atoms with Gasteiger partial charge in [-0.15, -0.1) is 11.3 Å². The molecule has 0 aliphatic rings. The van der Waals surface area contributed by atoms with Gasteiger partial charge in [0.15, 0.2) is 5.76 Å². The summed E-state index contributed by atoms with van der Waals surface area (Å²) >= 11 is 1.32. The summed E-state index contributed by atoms with van der Waals surface area (Å²) in [6.07, 6.45) is 0.999. The summed E-state index contributed by atoms with van der Waals surface area (Å²) in [4.78, 5) is 24.6. The number of alkyl carbamates (subject to hydrolysis) is 1. The Labute approximate surface area is 114 Å². The summed E-state index contributed by atoms with van der Waals surface area (Å²) in [5.74, 6) is 0.157. The average molecular weight is 279 g/mol. The fraction of sp³-hybridized carbons (Fsp3) is 0.231. The van der Waals surface area contributed by atoms with Gasteiger partial charge in [-0.3, -0.25) is 4.79 Å². The Hall–Kier alpha value is -2.08. The Morgan fingerprint density at radius 1 is 1.37 bits per heavy atom. The number of rotatable bonds is 5. The van der Waals surface area contributed by atoms with Crippen molar-refractivity contribution in [2.45, 2.75) is 13.5 Å². The molecular formula is C13H13NO4S. The van der Waals surface area contributed by atoms with Crippen LogP contribution in [0.1, 0.15) is 27.2 Å². The normalized spacial score (nSPS) is 10.2. The van der Waals surface area contributed by atoms with Crippen LogP contribution in [0.5, 0.6) is 0 Å². The van der Waals surface area contributed by atoms with Crippen LogP contribution in [0.25, 0.3) is 0 Å². The van der Waals surface area contributed by atoms with Crippen LogP contribution in [0, 0.1) is 0 Å². The first kappa shape index (κ1) is 13.4. The third-order valence-electron chi connectivity index (χ3n) is 2.31. The molecule has 0 aromatic carbocycles. The van der Waals surface area contributed by atoms with Crippen molar-refractivity contribution >= 4 is 23.2 Å². The van der Waals surface area contributed by atoms with E-state index in [1.165, 1.54) is 17.6 Å². The van der Waals surface area contributed by atoms with Crippen LogP contribution in [0.4, 0.5) is 4.79 Å². The molecule has 2 aromatic rings. The fourth-order valence-corrected chi connectivity index (χ4v) is 2.36. The van der Waals surface area contributed by atoms with Gasteiger partial charge in [0.2, 0.25) is 5.78 Å². The first-order valence-electron chi connectivity index (χ1n) is 5.78. The topological polar surface area (TPSA) is 68.5 Å². The largest absolute Gasteiger partial charge is 0.461 e. The first-order valence-corrected chi connectivity index (χ1v) is 6.60. The second kappa shape index (κ2) is 6.19. The molecule has 0 bridgehead atoms. The molecule has 5 nitrogen and oxygen atoms in total. The van der Waals surface area contributed by atoms with Gasteiger partial charge in [-0.1, -0.05) is 0 Å². The van der Waals surface area contributed by atoms with Crippen molar-refractivity contribution in [1.82, 2.24) is 5.32 Å². The van der Waals surface area contributed by atoms with Gasteiger partial charge in [0, 0.05) is 4.88 Å². The molecule has 1 N–H and O–H groups in total. The van der Waals surface area contributed by atoms with Crippen molar-refractivity contribution in [2.24, 2.45) is 0 Å². The van der Waals surface area contributed by atoms with E-state index in [1.54, 1.807) is 31.2 Å². The lowest BCUT2D eigenvalue weighted by molar-refractivity contribution is 0.101. The number of furan rings is 1. The third kappa shape index (κ3) is 3.45. The Kier molecular flexibility index (Phi) is 4.35. The molecular weight excluding hydrogens is 266 g/mol. The quantitative estimate of drug-likeness (QED) is 0.854. The Balaban J connectivity index is 1.96. The molecule has 0 aliphatic carbocycles. The monoisotopic (exact) mass is 279 g/mol. The smallest absolute Gasteiger partial charge is 0.407 e. The minimum atomic E-state index is -0.463. The summed E-state index contributed by atoms with van der Waals surface area (Å²) in [6.45, 7) is 2.41. The molecule has 0 spiro atoms. The Bertz CT molecular complexity index is 559. The van der Waals surface area contributed by atoms with Crippen LogP contribution in [-0.4, -0.2) is 18.5 Å². The van der Waals surface area contributed by atoms with Crippen molar-refractivity contribution in [3.8, 4) is 0 Å². The first-order chi connectivity index (χ1) is 9.20. The van der Waals surface area contributed by atoms with Crippen LogP contribution in [0.15, 0.2) is 34.9 Å². The molecule has 1 amide bonds. The molecule has 2 aromatic heterocycles. The maximum atomic E-state index is 12.0. The highest BCUT2D eigenvalue weighted by molar-refractivity contribution is 7.14. The minimum Gasteiger partial charge on any atom is -0.461 e. The highest BCUT2D eigenvalue weighted by Gasteiger charge is 2.14. The van der Waals surface area contributed by atoms with E-state index in [9.17, 15) is 9.59 Å². The van der Waals surface area contributed by atoms with E-state index in [0.717, 1.165) is 4.88 Å². The summed E-state index contributed by atoms with van der Waals surface area (Å²) in [6, 6.07) is 6.81. The molecule has 0 fully saturated rings. The van der Waals surface area contributed by atoms with Crippen molar-refractivity contribution < 1.29 is 18.7 Å². The Morgan fingerprint density at radius 3 is 2.89 bits per heavy atom. The van der Waals surface area contributed by atoms with Crippen LogP contribution >= 0.6 is 11.3 Å². The van der Waals surface area contributed by atoms with Crippen LogP contribution in [-0.2, 0) is 11.3 Å². The highest BCUT2D eigenvalue weighted by Crippen LogP contribution is 2.20. The van der Waals surface area contributed by atoms with E-state index in [1.807, 2.05) is 0 Å². The lowest BCUT2D eigenvalue weighted by Gasteiger charge is -2.02. The van der Waals surface area contributed by atoms with Crippen molar-refractivity contribution in [2.75, 3.05) is 6.61 Å². The standard InChI is InChI=1S/C13H13NO4S/c1-2-17-13(16)14-8-9-5-6-11(19-9)12(15)10-4-3-7-18-10/h3-7H,2,8H2,1H3,(H,14,16). The molecule has 0 saturated heterocycles. The molecule has 0 saturated carbocycles. The van der Waals surface area contributed by atoms with E-state index in [2.05, 4.69) is 5.32 Å². The predicted molar refractivity (Wildman–Crippen MR) is 70.3 cm³/mol. The Morgan fingerprint density at radius 2 is 2.21 bits per heavy atom. The van der Waals surface area contributed by atoms with E-state index in [0.29, 0.717) is 23.8 Å². The number of hydrogen-bond acceptors (Lipinski definition) is 5. The number of amides is 1. The van der Waals surface area contributed by atoms with Gasteiger partial charge in [0.25, 0.3) is 0 Å². The third-order valence-corrected chi connectivity index (χ3v) is 3.40. The van der Waals surface area contributed by atoms with Gasteiger partial charge in [-0.2, -0.15) is 0 Å². The molecule has 0 radical (unpaired) electrons. The van der Waals surface area contributed by atoms with Gasteiger partial charge in [0.05, 0.1) is 24.3 Å². The maximum absolute atomic E-state index is 12.0. The van der Waals surface area contributed by atoms with Gasteiger partial charge in [-0.05, 0) is 31.2 Å². The lowest BCUT2D eigenvalue weighted by Crippen LogP contribution is -2.23. The van der Waals surface area contributed by atoms with E-state index >= 15 is 0 Å². The molecule has 19 heavy (non-hydrogen) atoms. The number of nitrogens with one attached hydrogen (secondary N) is 1. The van der Waals surface area contributed by atoms with Crippen molar-refractivity contribution in [3.05, 3.63) is 46.0 Å². The summed E-state index contributed by atoms with van der Waals surface area (Å²) < 4.78 is 9.81. The number of carbonyl (C=O) groups excluding carboxylic acids is 2. The van der Waals surface area contributed by atoms with E-state index in [-0.39, 0.29) is 5.78 Å². The summed E-state index contributed by atoms with van der Waals surface area (Å²) in [5.41, 5.74) is 0. The molecule has 0 aliphatic heterocycles. The van der Waals surface area contributed by atoms with Crippen LogP contribution in [0.3, 0.4) is 0 Å². The second-order valence-electron chi connectivity index (χ2n) is 3.65. The zero-order valence-electron chi connectivity index (χ0n) is 10.3. The highest BCUT2D eigenvalue weighted by atomic mass is 32.1. The number of carbonyl (C=O) groups is 2. The second-order valence-corrected chi connectivity index (χ2v) is 4.81. The predicted octanol–water partition coefficient (Wildman–Crippen LogP) is 2.82. The zero-order chi connectivity index (χ0) is 13.7. The van der Waals surface area contributed by atoms with Gasteiger partial charge in [-0.25, -0.2) is 4.79 Å². The van der Waals surface area contributed by atoms with Crippen LogP contribution < -0.4 is 5.32 Å². The van der Waals surface area contributed by atoms with E-state index in [4.69, 9.17) is 9.15 Å². The number of ether oxygens (including phenoxy) is 1. The van der Waals surface area contributed by atoms with E-state index < -0.39 is 6.09 Å². The fourth-order valence-electron chi connectivity index (χ4n) is 1.47. The van der Waals surface area contributed by atoms with Crippen molar-refractivity contribution in [3.63, 3.8) is 0 Å². The number of hydrogen-bond donors (Lipinski definition) is 1. The summed E-state index contributed by atoms with van der Waals surface area (Å²) in [5, 5.41) is 2.60. The molecule has 2 rings (SSSR count). The number of thiophene rings is 1. The van der Waals surface area contributed by atoms with Gasteiger partial charge in [0.1, 0.15) is 0 Å². The molecule has 6 heteroatoms. The lowest BCUT2D eigenvalue weighted by atomic mass is 10.2. The molecule has 0 unspecified atom stereocenters. The minimum absolute atomic E-state index is 0.155. The van der Waals surface area contributed by atoms with Crippen molar-refractivity contribution in [1.29, 1.82) is 0 Å². The van der Waals surface area contributed by atoms with Crippen LogP contribution in [0.2, 0.25) is 0 Å². The summed E-state index contributed by atoms with van der Waals surface area (Å²) in [7, 11) is 0. The molecule has 100 valence electrons. The number of ketones is 1. The maximum Gasteiger partial charge on any atom is 0.407 e.